The number of hydrogen-bond acceptors (Lipinski definition) is 5. The molecule has 5 nitrogen and oxygen atoms in total. The smallest absolute Gasteiger partial charge is 0.180 e. The van der Waals surface area contributed by atoms with Crippen molar-refractivity contribution in [2.45, 2.75) is 25.3 Å². The maximum Gasteiger partial charge on any atom is 0.180 e. The zero-order chi connectivity index (χ0) is 10.1. The summed E-state index contributed by atoms with van der Waals surface area (Å²) in [6.07, 6.45) is 1.02. The van der Waals surface area contributed by atoms with Gasteiger partial charge in [-0.25, -0.2) is 4.98 Å². The van der Waals surface area contributed by atoms with E-state index in [1.54, 1.807) is 0 Å². The molecule has 1 aromatic heterocycles. The SMILES string of the molecule is Nc1nc2c(s1)CC(NC(=O)[O-])CC2. The molecule has 1 aromatic rings. The second kappa shape index (κ2) is 3.45. The highest BCUT2D eigenvalue weighted by atomic mass is 32.1. The molecule has 0 aromatic carbocycles. The first kappa shape index (κ1) is 9.26. The molecule has 0 fully saturated rings. The fraction of sp³-hybridized carbons (Fsp3) is 0.500. The van der Waals surface area contributed by atoms with E-state index in [2.05, 4.69) is 10.3 Å². The number of nitrogens with one attached hydrogen (secondary N) is 1. The van der Waals surface area contributed by atoms with Gasteiger partial charge < -0.3 is 21.0 Å². The minimum absolute atomic E-state index is 0.0488. The molecule has 1 amide bonds. The number of thiazole rings is 1. The summed E-state index contributed by atoms with van der Waals surface area (Å²) in [5.74, 6) is 0. The van der Waals surface area contributed by atoms with Crippen molar-refractivity contribution in [1.29, 1.82) is 0 Å². The third kappa shape index (κ3) is 1.79. The largest absolute Gasteiger partial charge is 0.530 e. The van der Waals surface area contributed by atoms with Crippen molar-refractivity contribution in [2.24, 2.45) is 0 Å². The Morgan fingerprint density at radius 1 is 1.71 bits per heavy atom. The number of carbonyl (C=O) groups is 1. The van der Waals surface area contributed by atoms with E-state index in [0.29, 0.717) is 11.6 Å². The van der Waals surface area contributed by atoms with E-state index in [4.69, 9.17) is 5.73 Å². The maximum absolute atomic E-state index is 10.3. The van der Waals surface area contributed by atoms with Crippen molar-refractivity contribution in [2.75, 3.05) is 5.73 Å². The van der Waals surface area contributed by atoms with Gasteiger partial charge in [-0.15, -0.1) is 11.3 Å². The fourth-order valence-corrected chi connectivity index (χ4v) is 2.64. The summed E-state index contributed by atoms with van der Waals surface area (Å²) in [4.78, 5) is 15.6. The second-order valence-corrected chi connectivity index (χ2v) is 4.41. The number of aryl methyl sites for hydroxylation is 1. The Labute approximate surface area is 85.0 Å². The van der Waals surface area contributed by atoms with E-state index in [1.807, 2.05) is 0 Å². The minimum Gasteiger partial charge on any atom is -0.530 e. The summed E-state index contributed by atoms with van der Waals surface area (Å²) < 4.78 is 0. The van der Waals surface area contributed by atoms with Crippen LogP contribution in [0.4, 0.5) is 9.93 Å². The summed E-state index contributed by atoms with van der Waals surface area (Å²) in [7, 11) is 0. The predicted molar refractivity (Wildman–Crippen MR) is 50.9 cm³/mol. The summed E-state index contributed by atoms with van der Waals surface area (Å²) >= 11 is 1.43. The van der Waals surface area contributed by atoms with Gasteiger partial charge in [-0.05, 0) is 12.8 Å². The maximum atomic E-state index is 10.3. The van der Waals surface area contributed by atoms with Gasteiger partial charge in [-0.1, -0.05) is 0 Å². The third-order valence-corrected chi connectivity index (χ3v) is 3.23. The number of nitrogens with zero attached hydrogens (tertiary/aromatic N) is 1. The van der Waals surface area contributed by atoms with Crippen LogP contribution in [0.2, 0.25) is 0 Å². The average Bonchev–Trinajstić information content (AvgIpc) is 2.42. The molecule has 6 heteroatoms. The molecule has 0 saturated carbocycles. The van der Waals surface area contributed by atoms with E-state index in [-0.39, 0.29) is 6.04 Å². The molecule has 76 valence electrons. The van der Waals surface area contributed by atoms with Gasteiger partial charge in [-0.2, -0.15) is 0 Å². The van der Waals surface area contributed by atoms with Crippen LogP contribution < -0.4 is 16.2 Å². The zero-order valence-electron chi connectivity index (χ0n) is 7.45. The van der Waals surface area contributed by atoms with Crippen LogP contribution >= 0.6 is 11.3 Å². The first-order valence-corrected chi connectivity index (χ1v) is 5.18. The first-order chi connectivity index (χ1) is 6.65. The molecule has 14 heavy (non-hydrogen) atoms. The van der Waals surface area contributed by atoms with Crippen LogP contribution in [0, 0.1) is 0 Å². The molecule has 1 aliphatic carbocycles. The van der Waals surface area contributed by atoms with Crippen LogP contribution in [0.5, 0.6) is 0 Å². The fourth-order valence-electron chi connectivity index (χ4n) is 1.68. The number of rotatable bonds is 1. The van der Waals surface area contributed by atoms with Gasteiger partial charge in [0.05, 0.1) is 5.69 Å². The number of hydrogen-bond donors (Lipinski definition) is 2. The summed E-state index contributed by atoms with van der Waals surface area (Å²) in [5, 5.41) is 13.3. The third-order valence-electron chi connectivity index (χ3n) is 2.28. The zero-order valence-corrected chi connectivity index (χ0v) is 8.26. The Balaban J connectivity index is 2.09. The van der Waals surface area contributed by atoms with Crippen LogP contribution in [0.15, 0.2) is 0 Å². The number of nitrogens with two attached hydrogens (primary N) is 1. The van der Waals surface area contributed by atoms with E-state index in [9.17, 15) is 9.90 Å². The van der Waals surface area contributed by atoms with Crippen molar-refractivity contribution < 1.29 is 9.90 Å². The molecule has 1 atom stereocenters. The Morgan fingerprint density at radius 2 is 2.50 bits per heavy atom. The average molecular weight is 212 g/mol. The molecule has 0 bridgehead atoms. The highest BCUT2D eigenvalue weighted by molar-refractivity contribution is 7.15. The van der Waals surface area contributed by atoms with Gasteiger partial charge in [0.1, 0.15) is 6.09 Å². The van der Waals surface area contributed by atoms with Crippen molar-refractivity contribution in [3.05, 3.63) is 10.6 Å². The number of nitrogen functional groups attached to an aromatic ring is 1. The van der Waals surface area contributed by atoms with E-state index in [1.165, 1.54) is 11.3 Å². The molecule has 1 aliphatic rings. The first-order valence-electron chi connectivity index (χ1n) is 4.36. The highest BCUT2D eigenvalue weighted by Gasteiger charge is 2.21. The molecule has 0 aliphatic heterocycles. The van der Waals surface area contributed by atoms with Gasteiger partial charge in [0, 0.05) is 17.3 Å². The van der Waals surface area contributed by atoms with E-state index < -0.39 is 6.09 Å². The Morgan fingerprint density at radius 3 is 3.21 bits per heavy atom. The Kier molecular flexibility index (Phi) is 2.28. The van der Waals surface area contributed by atoms with Gasteiger partial charge in [-0.3, -0.25) is 0 Å². The van der Waals surface area contributed by atoms with Crippen molar-refractivity contribution in [3.8, 4) is 0 Å². The van der Waals surface area contributed by atoms with E-state index >= 15 is 0 Å². The molecule has 1 heterocycles. The quantitative estimate of drug-likeness (QED) is 0.657. The van der Waals surface area contributed by atoms with Gasteiger partial charge in [0.25, 0.3) is 0 Å². The highest BCUT2D eigenvalue weighted by Crippen LogP contribution is 2.27. The molecule has 0 saturated heterocycles. The lowest BCUT2D eigenvalue weighted by molar-refractivity contribution is -0.251. The number of carboxylic acid groups (broad SMARTS) is 1. The number of carbonyl (C=O) groups excluding carboxylic acids is 1. The summed E-state index contributed by atoms with van der Waals surface area (Å²) in [6, 6.07) is -0.0488. The molecule has 0 radical (unpaired) electrons. The lowest BCUT2D eigenvalue weighted by atomic mass is 9.98. The monoisotopic (exact) mass is 212 g/mol. The summed E-state index contributed by atoms with van der Waals surface area (Å²) in [6.45, 7) is 0. The van der Waals surface area contributed by atoms with Crippen molar-refractivity contribution in [1.82, 2.24) is 10.3 Å². The van der Waals surface area contributed by atoms with Gasteiger partial charge in [0.15, 0.2) is 5.13 Å². The normalized spacial score (nSPS) is 20.1. The topological polar surface area (TPSA) is 91.1 Å². The molecular formula is C8H10N3O2S-. The number of anilines is 1. The van der Waals surface area contributed by atoms with Crippen LogP contribution in [0.3, 0.4) is 0 Å². The molecular weight excluding hydrogens is 202 g/mol. The van der Waals surface area contributed by atoms with Crippen LogP contribution in [-0.4, -0.2) is 17.1 Å². The molecule has 2 rings (SSSR count). The summed E-state index contributed by atoms with van der Waals surface area (Å²) in [5.41, 5.74) is 6.58. The molecule has 0 spiro atoms. The van der Waals surface area contributed by atoms with Crippen molar-refractivity contribution in [3.63, 3.8) is 0 Å². The standard InChI is InChI=1S/C8H11N3O2S/c9-7-11-5-2-1-4(10-8(12)13)3-6(5)14-7/h4,10H,1-3H2,(H2,9,11)(H,12,13)/p-1. The molecule has 3 N–H and O–H groups in total. The van der Waals surface area contributed by atoms with E-state index in [0.717, 1.165) is 23.4 Å². The number of amides is 1. The predicted octanol–water partition coefficient (Wildman–Crippen LogP) is -0.485. The number of fused-ring (bicyclic) bond motifs is 1. The van der Waals surface area contributed by atoms with Gasteiger partial charge >= 0.3 is 0 Å². The van der Waals surface area contributed by atoms with Crippen LogP contribution in [0.25, 0.3) is 0 Å². The Hall–Kier alpha value is -1.30. The lowest BCUT2D eigenvalue weighted by Crippen LogP contribution is -2.45. The van der Waals surface area contributed by atoms with Crippen LogP contribution in [0.1, 0.15) is 17.0 Å². The van der Waals surface area contributed by atoms with Crippen molar-refractivity contribution >= 4 is 22.6 Å². The van der Waals surface area contributed by atoms with Crippen LogP contribution in [-0.2, 0) is 12.8 Å². The lowest BCUT2D eigenvalue weighted by Gasteiger charge is -2.23. The van der Waals surface area contributed by atoms with Gasteiger partial charge in [0.2, 0.25) is 0 Å². The molecule has 1 unspecified atom stereocenters. The Bertz CT molecular complexity index is 363. The second-order valence-electron chi connectivity index (χ2n) is 3.29. The number of aromatic nitrogens is 1. The minimum atomic E-state index is -1.21.